The second kappa shape index (κ2) is 7.60. The molecule has 3 nitrogen and oxygen atoms in total. The number of amides is 1. The third-order valence-corrected chi connectivity index (χ3v) is 2.77. The Kier molecular flexibility index (Phi) is 6.11. The number of rotatable bonds is 4. The van der Waals surface area contributed by atoms with E-state index in [1.165, 1.54) is 0 Å². The molecule has 3 N–H and O–H groups in total. The number of carbonyl (C=O) groups excluding carboxylic acids is 1. The molecule has 0 saturated heterocycles. The van der Waals surface area contributed by atoms with Gasteiger partial charge in [-0.05, 0) is 44.0 Å². The number of hydrogen-bond acceptors (Lipinski definition) is 2. The van der Waals surface area contributed by atoms with Crippen molar-refractivity contribution in [2.45, 2.75) is 39.7 Å². The Morgan fingerprint density at radius 1 is 1.42 bits per heavy atom. The van der Waals surface area contributed by atoms with Crippen LogP contribution in [-0.2, 0) is 0 Å². The van der Waals surface area contributed by atoms with E-state index in [1.807, 2.05) is 32.0 Å². The smallest absolute Gasteiger partial charge is 0.251 e. The average molecular weight is 258 g/mol. The lowest BCUT2D eigenvalue weighted by atomic mass is 10.1. The summed E-state index contributed by atoms with van der Waals surface area (Å²) in [6, 6.07) is 5.83. The van der Waals surface area contributed by atoms with E-state index in [2.05, 4.69) is 24.1 Å². The minimum absolute atomic E-state index is 0.0413. The third-order valence-electron chi connectivity index (χ3n) is 2.77. The lowest BCUT2D eigenvalue weighted by Crippen LogP contribution is -2.32. The first-order valence-corrected chi connectivity index (χ1v) is 6.68. The van der Waals surface area contributed by atoms with Crippen LogP contribution in [0.3, 0.4) is 0 Å². The molecule has 0 aliphatic heterocycles. The standard InChI is InChI=1S/C16H22N2O/c1-4-6-13(3)18-16(19)15-10-12(2)9-14(11-15)7-5-8-17/h9-11,13H,4,6,8,17H2,1-3H3,(H,18,19). The van der Waals surface area contributed by atoms with Crippen LogP contribution in [0.15, 0.2) is 18.2 Å². The Morgan fingerprint density at radius 2 is 2.16 bits per heavy atom. The molecule has 102 valence electrons. The molecule has 19 heavy (non-hydrogen) atoms. The van der Waals surface area contributed by atoms with E-state index in [4.69, 9.17) is 5.73 Å². The van der Waals surface area contributed by atoms with Crippen molar-refractivity contribution in [1.29, 1.82) is 0 Å². The molecule has 1 amide bonds. The molecule has 0 aromatic heterocycles. The van der Waals surface area contributed by atoms with E-state index < -0.39 is 0 Å². The second-order valence-electron chi connectivity index (χ2n) is 4.76. The van der Waals surface area contributed by atoms with Crippen molar-refractivity contribution in [3.05, 3.63) is 34.9 Å². The summed E-state index contributed by atoms with van der Waals surface area (Å²) in [4.78, 5) is 12.1. The maximum atomic E-state index is 12.1. The van der Waals surface area contributed by atoms with Crippen LogP contribution in [0.4, 0.5) is 0 Å². The lowest BCUT2D eigenvalue weighted by Gasteiger charge is -2.13. The zero-order valence-electron chi connectivity index (χ0n) is 11.9. The van der Waals surface area contributed by atoms with Gasteiger partial charge in [-0.3, -0.25) is 4.79 Å². The van der Waals surface area contributed by atoms with E-state index in [1.54, 1.807) is 0 Å². The van der Waals surface area contributed by atoms with Gasteiger partial charge < -0.3 is 11.1 Å². The molecule has 0 radical (unpaired) electrons. The van der Waals surface area contributed by atoms with E-state index in [0.29, 0.717) is 12.1 Å². The Bertz CT molecular complexity index is 497. The quantitative estimate of drug-likeness (QED) is 0.814. The minimum Gasteiger partial charge on any atom is -0.350 e. The van der Waals surface area contributed by atoms with Crippen LogP contribution in [0.5, 0.6) is 0 Å². The molecule has 0 bridgehead atoms. The molecule has 1 atom stereocenters. The zero-order chi connectivity index (χ0) is 14.3. The van der Waals surface area contributed by atoms with Gasteiger partial charge in [0.15, 0.2) is 0 Å². The molecule has 1 rings (SSSR count). The summed E-state index contributed by atoms with van der Waals surface area (Å²) in [5.41, 5.74) is 7.87. The summed E-state index contributed by atoms with van der Waals surface area (Å²) in [6.07, 6.45) is 2.04. The van der Waals surface area contributed by atoms with Gasteiger partial charge in [-0.25, -0.2) is 0 Å². The Labute approximate surface area is 115 Å². The molecule has 1 aromatic rings. The highest BCUT2D eigenvalue weighted by atomic mass is 16.1. The van der Waals surface area contributed by atoms with Crippen LogP contribution >= 0.6 is 0 Å². The van der Waals surface area contributed by atoms with Crippen LogP contribution in [-0.4, -0.2) is 18.5 Å². The van der Waals surface area contributed by atoms with Crippen LogP contribution in [0, 0.1) is 18.8 Å². The van der Waals surface area contributed by atoms with Crippen LogP contribution in [0.25, 0.3) is 0 Å². The maximum Gasteiger partial charge on any atom is 0.251 e. The minimum atomic E-state index is -0.0413. The Hall–Kier alpha value is -1.79. The van der Waals surface area contributed by atoms with Gasteiger partial charge in [0.1, 0.15) is 0 Å². The van der Waals surface area contributed by atoms with Crippen LogP contribution in [0.1, 0.15) is 48.2 Å². The predicted octanol–water partition coefficient (Wildman–Crippen LogP) is 2.22. The Morgan fingerprint density at radius 3 is 2.79 bits per heavy atom. The SMILES string of the molecule is CCCC(C)NC(=O)c1cc(C)cc(C#CCN)c1. The first-order chi connectivity index (χ1) is 9.06. The number of aryl methyl sites for hydroxylation is 1. The van der Waals surface area contributed by atoms with Crippen molar-refractivity contribution < 1.29 is 4.79 Å². The van der Waals surface area contributed by atoms with Gasteiger partial charge in [0.2, 0.25) is 0 Å². The van der Waals surface area contributed by atoms with E-state index in [9.17, 15) is 4.79 Å². The van der Waals surface area contributed by atoms with Crippen molar-refractivity contribution in [1.82, 2.24) is 5.32 Å². The van der Waals surface area contributed by atoms with Gasteiger partial charge in [0.05, 0.1) is 6.54 Å². The van der Waals surface area contributed by atoms with Crippen molar-refractivity contribution in [2.75, 3.05) is 6.54 Å². The van der Waals surface area contributed by atoms with Crippen molar-refractivity contribution in [3.63, 3.8) is 0 Å². The molecule has 0 aliphatic rings. The summed E-state index contributed by atoms with van der Waals surface area (Å²) in [5, 5.41) is 3.00. The van der Waals surface area contributed by atoms with Crippen molar-refractivity contribution in [3.8, 4) is 11.8 Å². The number of nitrogens with two attached hydrogens (primary N) is 1. The Balaban J connectivity index is 2.87. The van der Waals surface area contributed by atoms with Gasteiger partial charge in [-0.15, -0.1) is 0 Å². The summed E-state index contributed by atoms with van der Waals surface area (Å²) in [6.45, 7) is 6.41. The predicted molar refractivity (Wildman–Crippen MR) is 78.9 cm³/mol. The second-order valence-corrected chi connectivity index (χ2v) is 4.76. The first-order valence-electron chi connectivity index (χ1n) is 6.68. The van der Waals surface area contributed by atoms with Gasteiger partial charge in [0.25, 0.3) is 5.91 Å². The van der Waals surface area contributed by atoms with Gasteiger partial charge >= 0.3 is 0 Å². The number of nitrogens with one attached hydrogen (secondary N) is 1. The first kappa shape index (κ1) is 15.3. The number of carbonyl (C=O) groups is 1. The van der Waals surface area contributed by atoms with Crippen molar-refractivity contribution in [2.24, 2.45) is 5.73 Å². The fourth-order valence-electron chi connectivity index (χ4n) is 1.95. The van der Waals surface area contributed by atoms with Gasteiger partial charge in [-0.1, -0.05) is 25.2 Å². The lowest BCUT2D eigenvalue weighted by molar-refractivity contribution is 0.0938. The zero-order valence-corrected chi connectivity index (χ0v) is 11.9. The topological polar surface area (TPSA) is 55.1 Å². The molecule has 0 saturated carbocycles. The average Bonchev–Trinajstić information content (AvgIpc) is 2.36. The highest BCUT2D eigenvalue weighted by Gasteiger charge is 2.10. The van der Waals surface area contributed by atoms with Crippen LogP contribution in [0.2, 0.25) is 0 Å². The molecular formula is C16H22N2O. The molecule has 3 heteroatoms. The summed E-state index contributed by atoms with van der Waals surface area (Å²) in [7, 11) is 0. The van der Waals surface area contributed by atoms with E-state index in [-0.39, 0.29) is 11.9 Å². The van der Waals surface area contributed by atoms with E-state index in [0.717, 1.165) is 24.0 Å². The number of benzene rings is 1. The third kappa shape index (κ3) is 5.15. The fourth-order valence-corrected chi connectivity index (χ4v) is 1.95. The molecule has 1 unspecified atom stereocenters. The molecule has 0 heterocycles. The molecule has 0 spiro atoms. The molecule has 0 fully saturated rings. The van der Waals surface area contributed by atoms with Gasteiger partial charge in [-0.2, -0.15) is 0 Å². The van der Waals surface area contributed by atoms with E-state index >= 15 is 0 Å². The number of hydrogen-bond donors (Lipinski definition) is 2. The molecule has 0 aliphatic carbocycles. The molecule has 1 aromatic carbocycles. The summed E-state index contributed by atoms with van der Waals surface area (Å²) >= 11 is 0. The summed E-state index contributed by atoms with van der Waals surface area (Å²) in [5.74, 6) is 5.73. The van der Waals surface area contributed by atoms with Crippen molar-refractivity contribution >= 4 is 5.91 Å². The molecular weight excluding hydrogens is 236 g/mol. The monoisotopic (exact) mass is 258 g/mol. The highest BCUT2D eigenvalue weighted by Crippen LogP contribution is 2.10. The highest BCUT2D eigenvalue weighted by molar-refractivity contribution is 5.95. The maximum absolute atomic E-state index is 12.1. The van der Waals surface area contributed by atoms with Crippen LogP contribution < -0.4 is 11.1 Å². The fraction of sp³-hybridized carbons (Fsp3) is 0.438. The summed E-state index contributed by atoms with van der Waals surface area (Å²) < 4.78 is 0. The van der Waals surface area contributed by atoms with Gasteiger partial charge in [0, 0.05) is 17.2 Å². The normalized spacial score (nSPS) is 11.4. The largest absolute Gasteiger partial charge is 0.350 e.